The third-order valence-electron chi connectivity index (χ3n) is 8.01. The summed E-state index contributed by atoms with van der Waals surface area (Å²) in [4.78, 5) is 31.1. The molecule has 0 amide bonds. The number of halogens is 8. The van der Waals surface area contributed by atoms with Gasteiger partial charge in [-0.25, -0.2) is 35.1 Å². The Labute approximate surface area is 282 Å². The van der Waals surface area contributed by atoms with Crippen LogP contribution in [0.4, 0.5) is 35.1 Å². The Kier molecular flexibility index (Phi) is 6.73. The fourth-order valence-electron chi connectivity index (χ4n) is 5.88. The number of rotatable bonds is 0. The van der Waals surface area contributed by atoms with Crippen molar-refractivity contribution in [2.24, 2.45) is 0 Å². The molecule has 0 saturated heterocycles. The standard InChI is InChI=1S/C32H8F8N8.Mg/c33-13-1-2-14(34)22-21(13)29-43-25-9-5-17(37)18(38)6-10(9)27(41-25)45-31-23-15(35)3-4-16(36)24(23)32(48-31)46-28-12-8-20(40)19(39)7-11(12)26(42-28)44-30(22)47-29;/h1-8H;/q-2;+2/p+2. The molecule has 0 aliphatic carbocycles. The van der Waals surface area contributed by atoms with Gasteiger partial charge in [0, 0.05) is 27.7 Å². The van der Waals surface area contributed by atoms with E-state index in [1.165, 1.54) is 0 Å². The van der Waals surface area contributed by atoms with Gasteiger partial charge in [-0.2, -0.15) is 0 Å². The summed E-state index contributed by atoms with van der Waals surface area (Å²) in [5.41, 5.74) is -2.99. The normalized spacial score (nSPS) is 11.9. The molecule has 0 fully saturated rings. The van der Waals surface area contributed by atoms with Crippen LogP contribution in [0.1, 0.15) is 0 Å². The molecule has 0 spiro atoms. The van der Waals surface area contributed by atoms with Gasteiger partial charge in [0.15, 0.2) is 28.9 Å². The van der Waals surface area contributed by atoms with Crippen molar-refractivity contribution >= 4 is 67.2 Å². The summed E-state index contributed by atoms with van der Waals surface area (Å²) < 4.78 is 119. The summed E-state index contributed by atoms with van der Waals surface area (Å²) >= 11 is 0. The maximum Gasteiger partial charge on any atom is 2.00 e. The van der Waals surface area contributed by atoms with Gasteiger partial charge < -0.3 is 24.9 Å². The summed E-state index contributed by atoms with van der Waals surface area (Å²) in [6.07, 6.45) is 0. The number of hydrogen-bond acceptors (Lipinski definition) is 4. The van der Waals surface area contributed by atoms with Crippen LogP contribution in [0.3, 0.4) is 0 Å². The van der Waals surface area contributed by atoms with Crippen molar-refractivity contribution in [3.63, 3.8) is 0 Å². The van der Waals surface area contributed by atoms with Crippen LogP contribution in [-0.4, -0.2) is 43.0 Å². The van der Waals surface area contributed by atoms with Crippen molar-refractivity contribution in [1.82, 2.24) is 29.9 Å². The van der Waals surface area contributed by atoms with Crippen molar-refractivity contribution < 1.29 is 45.1 Å². The molecule has 8 nitrogen and oxygen atoms in total. The number of fused-ring (bicyclic) bond motifs is 20. The zero-order valence-corrected chi connectivity index (χ0v) is 25.4. The predicted molar refractivity (Wildman–Crippen MR) is 157 cm³/mol. The fourth-order valence-corrected chi connectivity index (χ4v) is 5.88. The molecule has 2 aliphatic rings. The molecule has 234 valence electrons. The third kappa shape index (κ3) is 4.48. The van der Waals surface area contributed by atoms with Gasteiger partial charge in [0.05, 0.1) is 16.7 Å². The van der Waals surface area contributed by atoms with Crippen molar-refractivity contribution in [3.05, 3.63) is 95.1 Å². The molecule has 0 radical (unpaired) electrons. The first kappa shape index (κ1) is 30.8. The maximum absolute atomic E-state index is 15.3. The van der Waals surface area contributed by atoms with Crippen LogP contribution in [0.5, 0.6) is 0 Å². The Hall–Kier alpha value is -5.55. The van der Waals surface area contributed by atoms with Crippen molar-refractivity contribution in [1.29, 1.82) is 0 Å². The molecule has 4 aromatic carbocycles. The summed E-state index contributed by atoms with van der Waals surface area (Å²) in [6, 6.07) is 6.37. The Bertz CT molecular complexity index is 2430. The summed E-state index contributed by atoms with van der Waals surface area (Å²) in [5, 5.41) is -0.471. The monoisotopic (exact) mass is 682 g/mol. The van der Waals surface area contributed by atoms with Gasteiger partial charge >= 0.3 is 23.1 Å². The van der Waals surface area contributed by atoms with E-state index >= 15 is 17.6 Å². The minimum absolute atomic E-state index is 0. The van der Waals surface area contributed by atoms with Gasteiger partial charge in [-0.3, -0.25) is 9.97 Å². The van der Waals surface area contributed by atoms with E-state index in [0.717, 1.165) is 48.5 Å². The molecule has 3 aromatic heterocycles. The van der Waals surface area contributed by atoms with E-state index in [1.807, 2.05) is 0 Å². The molecule has 0 unspecified atom stereocenters. The van der Waals surface area contributed by atoms with Gasteiger partial charge in [-0.1, -0.05) is 4.98 Å². The molecule has 2 aliphatic heterocycles. The van der Waals surface area contributed by atoms with Crippen LogP contribution in [-0.2, 0) is 0 Å². The molecular weight excluding hydrogens is 673 g/mol. The minimum Gasteiger partial charge on any atom is -0.357 e. The second-order valence-corrected chi connectivity index (χ2v) is 10.8. The van der Waals surface area contributed by atoms with Crippen molar-refractivity contribution in [3.8, 4) is 45.6 Å². The van der Waals surface area contributed by atoms with Gasteiger partial charge in [0.1, 0.15) is 46.3 Å². The van der Waals surface area contributed by atoms with Crippen LogP contribution in [0.15, 0.2) is 48.5 Å². The maximum atomic E-state index is 15.3. The van der Waals surface area contributed by atoms with E-state index in [9.17, 15) is 17.6 Å². The van der Waals surface area contributed by atoms with E-state index < -0.39 is 68.8 Å². The van der Waals surface area contributed by atoms with Crippen LogP contribution in [0.2, 0.25) is 0 Å². The summed E-state index contributed by atoms with van der Waals surface area (Å²) in [6.45, 7) is 0. The van der Waals surface area contributed by atoms with E-state index in [2.05, 4.69) is 39.9 Å². The third-order valence-corrected chi connectivity index (χ3v) is 8.01. The average molecular weight is 683 g/mol. The topological polar surface area (TPSA) is 108 Å². The number of nitrogens with one attached hydrogen (secondary N) is 2. The average Bonchev–Trinajstić information content (AvgIpc) is 3.77. The Balaban J connectivity index is 0.00000348. The van der Waals surface area contributed by atoms with Crippen LogP contribution >= 0.6 is 0 Å². The first-order chi connectivity index (χ1) is 23.0. The number of aromatic nitrogens is 8. The van der Waals surface area contributed by atoms with Crippen molar-refractivity contribution in [2.75, 3.05) is 0 Å². The molecule has 7 aromatic rings. The fraction of sp³-hybridized carbons (Fsp3) is 0. The molecular formula is C32H10F8MgN8+2. The van der Waals surface area contributed by atoms with Crippen molar-refractivity contribution in [2.45, 2.75) is 0 Å². The van der Waals surface area contributed by atoms with E-state index in [4.69, 9.17) is 0 Å². The molecule has 8 bridgehead atoms. The molecule has 0 atom stereocenters. The second kappa shape index (κ2) is 10.7. The summed E-state index contributed by atoms with van der Waals surface area (Å²) in [7, 11) is 0. The zero-order valence-electron chi connectivity index (χ0n) is 24.0. The first-order valence-corrected chi connectivity index (χ1v) is 13.8. The number of benzene rings is 4. The van der Waals surface area contributed by atoms with Crippen LogP contribution in [0.25, 0.3) is 89.7 Å². The molecule has 17 heteroatoms. The molecule has 49 heavy (non-hydrogen) atoms. The summed E-state index contributed by atoms with van der Waals surface area (Å²) in [5.74, 6) is -10.4. The predicted octanol–water partition coefficient (Wildman–Crippen LogP) is 5.70. The second-order valence-electron chi connectivity index (χ2n) is 10.8. The minimum atomic E-state index is -1.29. The SMILES string of the molecule is Fc1cc2c3nc4[nH+]c(nc5[n-]c(nc6[nH+]c(nc([n-]3)c2cc1F)-c1c(F)ccc(F)c1-6)c1cc(F)c(F)cc51)-c1c(F)ccc(F)c1-4.[Mg+2]. The quantitative estimate of drug-likeness (QED) is 0.150. The Morgan fingerprint density at radius 3 is 0.816 bits per heavy atom. The number of nitrogens with zero attached hydrogens (tertiary/aromatic N) is 6. The van der Waals surface area contributed by atoms with E-state index in [1.54, 1.807) is 0 Å². The largest absolute Gasteiger partial charge is 2.00 e. The van der Waals surface area contributed by atoms with Crippen LogP contribution in [0, 0.1) is 46.5 Å². The zero-order chi connectivity index (χ0) is 33.2. The Morgan fingerprint density at radius 2 is 0.592 bits per heavy atom. The van der Waals surface area contributed by atoms with Gasteiger partial charge in [0.25, 0.3) is 5.82 Å². The number of aromatic amines is 2. The van der Waals surface area contributed by atoms with Gasteiger partial charge in [-0.05, 0) is 59.3 Å². The van der Waals surface area contributed by atoms with Gasteiger partial charge in [-0.15, -0.1) is 0 Å². The Morgan fingerprint density at radius 1 is 0.367 bits per heavy atom. The van der Waals surface area contributed by atoms with E-state index in [0.29, 0.717) is 0 Å². The molecule has 0 saturated carbocycles. The molecule has 9 rings (SSSR count). The molecule has 2 N–H and O–H groups in total. The smallest absolute Gasteiger partial charge is 0.357 e. The van der Waals surface area contributed by atoms with Gasteiger partial charge in [0.2, 0.25) is 0 Å². The number of hydrogen-bond donors (Lipinski definition) is 0. The number of H-pyrrole nitrogens is 2. The van der Waals surface area contributed by atoms with E-state index in [-0.39, 0.29) is 90.5 Å². The van der Waals surface area contributed by atoms with Crippen LogP contribution < -0.4 is 19.9 Å². The first-order valence-electron chi connectivity index (χ1n) is 13.8. The molecule has 5 heterocycles.